The fourth-order valence-corrected chi connectivity index (χ4v) is 7.83. The molecule has 0 aromatic heterocycles. The second kappa shape index (κ2) is 16.9. The van der Waals surface area contributed by atoms with E-state index in [4.69, 9.17) is 0 Å². The Hall–Kier alpha value is -4.74. The molecule has 5 rings (SSSR count). The molecule has 0 N–H and O–H groups in total. The molecule has 5 aromatic rings. The molecule has 1 unspecified atom stereocenters. The first-order valence-electron chi connectivity index (χ1n) is 15.0. The molecule has 0 spiro atoms. The molecular weight excluding hydrogens is 879 g/mol. The van der Waals surface area contributed by atoms with E-state index in [9.17, 15) is 56.9 Å². The fraction of sp³-hybridized carbons (Fsp3) is 0.118. The highest BCUT2D eigenvalue weighted by molar-refractivity contribution is 7.94. The van der Waals surface area contributed by atoms with E-state index in [0.717, 1.165) is 10.6 Å². The van der Waals surface area contributed by atoms with Crippen LogP contribution in [-0.2, 0) is 27.4 Å². The SMILES string of the molecule is CS(=O)c1ccccc1C[S+](C)C.Fc1c(F)c(F)c([B-](c2c(F)c(F)c(F)c(F)c2F)(c2c(F)c(F)c(F)c(F)c2F)c2c(F)c(F)c(F)c(F)c2F)c(F)c1F. The Morgan fingerprint density at radius 1 is 0.397 bits per heavy atom. The smallest absolute Gasteiger partial charge is 0.200 e. The van der Waals surface area contributed by atoms with Crippen LogP contribution in [0.3, 0.4) is 0 Å². The topological polar surface area (TPSA) is 17.1 Å². The fourth-order valence-electron chi connectivity index (χ4n) is 6.09. The molecule has 0 amide bonds. The molecule has 0 bridgehead atoms. The highest BCUT2D eigenvalue weighted by Crippen LogP contribution is 2.30. The van der Waals surface area contributed by atoms with Gasteiger partial charge in [-0.3, -0.25) is 4.21 Å². The van der Waals surface area contributed by atoms with Crippen LogP contribution >= 0.6 is 0 Å². The third kappa shape index (κ3) is 7.18. The van der Waals surface area contributed by atoms with E-state index in [0.29, 0.717) is 10.9 Å². The summed E-state index contributed by atoms with van der Waals surface area (Å²) in [5.74, 6) is -70.4. The van der Waals surface area contributed by atoms with Crippen molar-refractivity contribution in [3.63, 3.8) is 0 Å². The van der Waals surface area contributed by atoms with Crippen molar-refractivity contribution < 1.29 is 92.0 Å². The summed E-state index contributed by atoms with van der Waals surface area (Å²) in [6.45, 7) is 0. The minimum atomic E-state index is -7.22. The molecule has 0 saturated heterocycles. The van der Waals surface area contributed by atoms with Crippen LogP contribution in [0.5, 0.6) is 0 Å². The first kappa shape index (κ1) is 46.0. The molecular formula is C34H15BF20OS2. The second-order valence-corrected chi connectivity index (χ2v) is 15.6. The van der Waals surface area contributed by atoms with Gasteiger partial charge in [-0.25, -0.2) is 87.8 Å². The summed E-state index contributed by atoms with van der Waals surface area (Å²) in [4.78, 5) is 0.990. The van der Waals surface area contributed by atoms with Gasteiger partial charge < -0.3 is 0 Å². The van der Waals surface area contributed by atoms with Crippen LogP contribution < -0.4 is 21.9 Å². The summed E-state index contributed by atoms with van der Waals surface area (Å²) in [5.41, 5.74) is -13.1. The summed E-state index contributed by atoms with van der Waals surface area (Å²) in [7, 11) is -0.480. The van der Waals surface area contributed by atoms with Gasteiger partial charge in [-0.05, 0) is 17.0 Å². The average molecular weight is 894 g/mol. The summed E-state index contributed by atoms with van der Waals surface area (Å²) in [5, 5.41) is 0. The van der Waals surface area contributed by atoms with Gasteiger partial charge in [0.25, 0.3) is 0 Å². The summed E-state index contributed by atoms with van der Waals surface area (Å²) < 4.78 is 305. The minimum Gasteiger partial charge on any atom is -0.255 e. The Labute approximate surface area is 317 Å². The Kier molecular flexibility index (Phi) is 13.4. The Bertz CT molecular complexity index is 2130. The van der Waals surface area contributed by atoms with E-state index in [2.05, 4.69) is 18.6 Å². The maximum absolute atomic E-state index is 15.4. The third-order valence-electron chi connectivity index (χ3n) is 8.43. The highest BCUT2D eigenvalue weighted by atomic mass is 32.2. The van der Waals surface area contributed by atoms with Gasteiger partial charge in [-0.2, -0.15) is 0 Å². The molecule has 0 heterocycles. The van der Waals surface area contributed by atoms with Gasteiger partial charge in [-0.1, -0.05) is 18.2 Å². The van der Waals surface area contributed by atoms with Crippen LogP contribution in [0.4, 0.5) is 87.8 Å². The largest absolute Gasteiger partial charge is 0.255 e. The number of rotatable bonds is 7. The van der Waals surface area contributed by atoms with Gasteiger partial charge in [0.2, 0.25) is 0 Å². The van der Waals surface area contributed by atoms with Crippen LogP contribution in [0.2, 0.25) is 0 Å². The van der Waals surface area contributed by atoms with Crippen molar-refractivity contribution in [2.24, 2.45) is 0 Å². The van der Waals surface area contributed by atoms with Crippen molar-refractivity contribution in [3.8, 4) is 0 Å². The summed E-state index contributed by atoms with van der Waals surface area (Å²) in [6.07, 6.45) is -1.07. The average Bonchev–Trinajstić information content (AvgIpc) is 3.17. The van der Waals surface area contributed by atoms with Crippen LogP contribution in [0.25, 0.3) is 0 Å². The molecule has 0 saturated carbocycles. The lowest BCUT2D eigenvalue weighted by atomic mass is 9.12. The van der Waals surface area contributed by atoms with Crippen molar-refractivity contribution in [2.45, 2.75) is 10.6 Å². The third-order valence-corrected chi connectivity index (χ3v) is 10.3. The van der Waals surface area contributed by atoms with Crippen molar-refractivity contribution in [1.29, 1.82) is 0 Å². The standard InChI is InChI=1S/C24BF20.C10H15OS2/c26-5-1(6(27)14(35)21(42)13(5)34)25(2-7(28)15(36)22(43)16(37)8(2)29,3-9(30)17(38)23(44)18(39)10(3)31)4-11(32)19(40)24(45)20(41)12(4)33;1-12(2)8-9-6-4-5-7-10(9)13(3)11/h;4-7H,8H2,1-3H3/q-1;+1. The summed E-state index contributed by atoms with van der Waals surface area (Å²) >= 11 is 0. The predicted octanol–water partition coefficient (Wildman–Crippen LogP) is 7.65. The number of halogens is 20. The molecule has 312 valence electrons. The Morgan fingerprint density at radius 2 is 0.603 bits per heavy atom. The van der Waals surface area contributed by atoms with E-state index in [1.165, 1.54) is 5.56 Å². The van der Waals surface area contributed by atoms with E-state index < -0.39 is 155 Å². The van der Waals surface area contributed by atoms with Gasteiger partial charge in [0.1, 0.15) is 58.4 Å². The van der Waals surface area contributed by atoms with Crippen LogP contribution in [-0.4, -0.2) is 29.1 Å². The van der Waals surface area contributed by atoms with Crippen LogP contribution in [0.15, 0.2) is 29.2 Å². The number of hydrogen-bond donors (Lipinski definition) is 0. The van der Waals surface area contributed by atoms with Crippen LogP contribution in [0.1, 0.15) is 5.56 Å². The zero-order valence-electron chi connectivity index (χ0n) is 28.4. The Balaban J connectivity index is 0.000000486. The molecule has 58 heavy (non-hydrogen) atoms. The number of benzene rings is 5. The molecule has 0 fully saturated rings. The highest BCUT2D eigenvalue weighted by Gasteiger charge is 2.52. The predicted molar refractivity (Wildman–Crippen MR) is 171 cm³/mol. The van der Waals surface area contributed by atoms with E-state index in [1.807, 2.05) is 18.2 Å². The van der Waals surface area contributed by atoms with E-state index >= 15 is 35.1 Å². The van der Waals surface area contributed by atoms with Crippen molar-refractivity contribution in [1.82, 2.24) is 0 Å². The molecule has 0 radical (unpaired) electrons. The lowest BCUT2D eigenvalue weighted by Gasteiger charge is -2.44. The lowest BCUT2D eigenvalue weighted by molar-refractivity contribution is 0.378. The lowest BCUT2D eigenvalue weighted by Crippen LogP contribution is -2.81. The van der Waals surface area contributed by atoms with E-state index in [1.54, 1.807) is 6.26 Å². The maximum Gasteiger partial charge on any atom is 0.200 e. The monoisotopic (exact) mass is 894 g/mol. The molecule has 1 nitrogen and oxygen atoms in total. The second-order valence-electron chi connectivity index (χ2n) is 12.0. The van der Waals surface area contributed by atoms with Gasteiger partial charge in [-0.15, -0.1) is 21.9 Å². The molecule has 24 heteroatoms. The minimum absolute atomic E-state index is 0.372. The normalized spacial score (nSPS) is 12.3. The van der Waals surface area contributed by atoms with Crippen molar-refractivity contribution in [2.75, 3.05) is 18.8 Å². The van der Waals surface area contributed by atoms with Gasteiger partial charge >= 0.3 is 0 Å². The molecule has 0 aliphatic rings. The maximum atomic E-state index is 15.4. The van der Waals surface area contributed by atoms with E-state index in [-0.39, 0.29) is 0 Å². The molecule has 5 aromatic carbocycles. The van der Waals surface area contributed by atoms with Gasteiger partial charge in [0, 0.05) is 16.7 Å². The first-order valence-corrected chi connectivity index (χ1v) is 18.8. The quantitative estimate of drug-likeness (QED) is 0.0540. The zero-order valence-corrected chi connectivity index (χ0v) is 30.0. The molecule has 0 aliphatic heterocycles. The molecule has 1 atom stereocenters. The van der Waals surface area contributed by atoms with Crippen molar-refractivity contribution in [3.05, 3.63) is 146 Å². The zero-order chi connectivity index (χ0) is 44.2. The van der Waals surface area contributed by atoms with Crippen molar-refractivity contribution >= 4 is 49.7 Å². The summed E-state index contributed by atoms with van der Waals surface area (Å²) in [6, 6.07) is 7.99. The van der Waals surface area contributed by atoms with Gasteiger partial charge in [0.15, 0.2) is 69.8 Å². The van der Waals surface area contributed by atoms with Crippen LogP contribution in [0, 0.1) is 116 Å². The number of hydrogen-bond acceptors (Lipinski definition) is 1. The first-order chi connectivity index (χ1) is 26.8. The molecule has 0 aliphatic carbocycles. The van der Waals surface area contributed by atoms with Gasteiger partial charge in [0.05, 0.1) is 23.3 Å². The Morgan fingerprint density at radius 3 is 0.810 bits per heavy atom.